The minimum atomic E-state index is -1.00. The molecule has 0 aliphatic carbocycles. The first-order valence-electron chi connectivity index (χ1n) is 4.14. The van der Waals surface area contributed by atoms with Crippen LogP contribution in [0.15, 0.2) is 28.3 Å². The van der Waals surface area contributed by atoms with Gasteiger partial charge >= 0.3 is 5.97 Å². The van der Waals surface area contributed by atoms with Crippen molar-refractivity contribution in [1.82, 2.24) is 9.55 Å². The van der Waals surface area contributed by atoms with Gasteiger partial charge in [-0.2, -0.15) is 0 Å². The molecule has 2 rings (SSSR count). The van der Waals surface area contributed by atoms with Crippen LogP contribution in [0.2, 0.25) is 0 Å². The molecule has 0 aliphatic heterocycles. The van der Waals surface area contributed by atoms with Crippen LogP contribution in [-0.4, -0.2) is 20.6 Å². The summed E-state index contributed by atoms with van der Waals surface area (Å²) in [5, 5.41) is 10.8. The van der Waals surface area contributed by atoms with E-state index in [2.05, 4.69) is 20.9 Å². The van der Waals surface area contributed by atoms with Crippen molar-refractivity contribution in [3.63, 3.8) is 0 Å². The number of hydrogen-bond acceptors (Lipinski definition) is 3. The molecule has 1 N–H and O–H groups in total. The third kappa shape index (κ3) is 2.27. The molecule has 4 nitrogen and oxygen atoms in total. The smallest absolute Gasteiger partial charge is 0.372 e. The Bertz CT molecular complexity index is 492. The number of carbonyl (C=O) groups is 1. The highest BCUT2D eigenvalue weighted by molar-refractivity contribution is 9.10. The number of halogens is 1. The van der Waals surface area contributed by atoms with Crippen molar-refractivity contribution in [1.29, 1.82) is 0 Å². The number of hydrogen-bond donors (Lipinski definition) is 1. The Balaban J connectivity index is 2.24. The van der Waals surface area contributed by atoms with Crippen LogP contribution in [0.3, 0.4) is 0 Å². The molecule has 0 radical (unpaired) electrons. The Morgan fingerprint density at radius 2 is 2.47 bits per heavy atom. The monoisotopic (exact) mass is 286 g/mol. The summed E-state index contributed by atoms with van der Waals surface area (Å²) in [6.45, 7) is 0.540. The second kappa shape index (κ2) is 4.16. The van der Waals surface area contributed by atoms with E-state index in [4.69, 9.17) is 5.11 Å². The maximum atomic E-state index is 10.8. The van der Waals surface area contributed by atoms with Gasteiger partial charge in [0, 0.05) is 27.1 Å². The maximum Gasteiger partial charge on any atom is 0.372 e. The molecule has 2 aromatic heterocycles. The van der Waals surface area contributed by atoms with E-state index in [9.17, 15) is 4.79 Å². The average Bonchev–Trinajstić information content (AvgIpc) is 2.75. The number of carboxylic acid groups (broad SMARTS) is 1. The van der Waals surface area contributed by atoms with Crippen LogP contribution in [0.4, 0.5) is 0 Å². The molecule has 0 spiro atoms. The van der Waals surface area contributed by atoms with Crippen molar-refractivity contribution >= 4 is 33.2 Å². The number of nitrogens with zero attached hydrogens (tertiary/aromatic N) is 2. The van der Waals surface area contributed by atoms with E-state index >= 15 is 0 Å². The van der Waals surface area contributed by atoms with Crippen LogP contribution < -0.4 is 0 Å². The SMILES string of the molecule is O=C(O)c1nccn1Cc1cc(Br)cs1. The first-order valence-corrected chi connectivity index (χ1v) is 5.81. The standard InChI is InChI=1S/C9H7BrN2O2S/c10-6-3-7(15-5-6)4-12-2-1-11-8(12)9(13)14/h1-3,5H,4H2,(H,13,14). The first kappa shape index (κ1) is 10.4. The lowest BCUT2D eigenvalue weighted by atomic mass is 10.4. The largest absolute Gasteiger partial charge is 0.475 e. The summed E-state index contributed by atoms with van der Waals surface area (Å²) in [5.41, 5.74) is 0. The lowest BCUT2D eigenvalue weighted by molar-refractivity contribution is 0.0679. The second-order valence-corrected chi connectivity index (χ2v) is 4.83. The van der Waals surface area contributed by atoms with Gasteiger partial charge in [-0.1, -0.05) is 0 Å². The van der Waals surface area contributed by atoms with Gasteiger partial charge in [0.05, 0.1) is 6.54 Å². The van der Waals surface area contributed by atoms with Gasteiger partial charge in [-0.15, -0.1) is 11.3 Å². The third-order valence-electron chi connectivity index (χ3n) is 1.85. The van der Waals surface area contributed by atoms with E-state index in [0.29, 0.717) is 6.54 Å². The number of rotatable bonds is 3. The molecule has 0 aliphatic rings. The Hall–Kier alpha value is -1.14. The Morgan fingerprint density at radius 3 is 3.07 bits per heavy atom. The maximum absolute atomic E-state index is 10.8. The van der Waals surface area contributed by atoms with Gasteiger partial charge in [0.1, 0.15) is 0 Å². The normalized spacial score (nSPS) is 10.5. The summed E-state index contributed by atoms with van der Waals surface area (Å²) >= 11 is 4.93. The van der Waals surface area contributed by atoms with Crippen molar-refractivity contribution < 1.29 is 9.90 Å². The molecule has 15 heavy (non-hydrogen) atoms. The van der Waals surface area contributed by atoms with Gasteiger partial charge in [0.25, 0.3) is 0 Å². The molecule has 2 heterocycles. The molecule has 0 bridgehead atoms. The van der Waals surface area contributed by atoms with Gasteiger partial charge < -0.3 is 9.67 Å². The summed E-state index contributed by atoms with van der Waals surface area (Å²) in [6, 6.07) is 1.97. The number of aromatic nitrogens is 2. The minimum Gasteiger partial charge on any atom is -0.475 e. The van der Waals surface area contributed by atoms with Crippen molar-refractivity contribution in [2.75, 3.05) is 0 Å². The fourth-order valence-corrected chi connectivity index (χ4v) is 2.69. The molecular weight excluding hydrogens is 280 g/mol. The van der Waals surface area contributed by atoms with Crippen LogP contribution in [0, 0.1) is 0 Å². The molecule has 0 unspecified atom stereocenters. The number of carboxylic acids is 1. The van der Waals surface area contributed by atoms with Crippen LogP contribution in [-0.2, 0) is 6.54 Å². The lowest BCUT2D eigenvalue weighted by Crippen LogP contribution is -2.09. The van der Waals surface area contributed by atoms with Crippen LogP contribution in [0.25, 0.3) is 0 Å². The Labute approximate surface area is 98.3 Å². The topological polar surface area (TPSA) is 55.1 Å². The van der Waals surface area contributed by atoms with Crippen LogP contribution in [0.1, 0.15) is 15.5 Å². The van der Waals surface area contributed by atoms with E-state index in [-0.39, 0.29) is 5.82 Å². The van der Waals surface area contributed by atoms with E-state index < -0.39 is 5.97 Å². The van der Waals surface area contributed by atoms with Gasteiger partial charge in [0.15, 0.2) is 0 Å². The minimum absolute atomic E-state index is 0.0690. The summed E-state index contributed by atoms with van der Waals surface area (Å²) in [5.74, 6) is -0.935. The average molecular weight is 287 g/mol. The summed E-state index contributed by atoms with van der Waals surface area (Å²) in [7, 11) is 0. The predicted molar refractivity (Wildman–Crippen MR) is 60.3 cm³/mol. The molecule has 78 valence electrons. The Morgan fingerprint density at radius 1 is 1.67 bits per heavy atom. The van der Waals surface area contributed by atoms with Crippen LogP contribution in [0.5, 0.6) is 0 Å². The molecule has 0 atom stereocenters. The highest BCUT2D eigenvalue weighted by Gasteiger charge is 2.11. The summed E-state index contributed by atoms with van der Waals surface area (Å²) < 4.78 is 2.63. The molecule has 6 heteroatoms. The zero-order chi connectivity index (χ0) is 10.8. The zero-order valence-corrected chi connectivity index (χ0v) is 9.96. The van der Waals surface area contributed by atoms with Crippen molar-refractivity contribution in [3.05, 3.63) is 39.0 Å². The van der Waals surface area contributed by atoms with Gasteiger partial charge in [-0.05, 0) is 22.0 Å². The molecule has 2 aromatic rings. The van der Waals surface area contributed by atoms with Crippen molar-refractivity contribution in [2.24, 2.45) is 0 Å². The predicted octanol–water partition coefficient (Wildman–Crippen LogP) is 2.45. The lowest BCUT2D eigenvalue weighted by Gasteiger charge is -2.01. The van der Waals surface area contributed by atoms with Gasteiger partial charge in [-0.25, -0.2) is 9.78 Å². The molecule has 0 amide bonds. The molecular formula is C9H7BrN2O2S. The van der Waals surface area contributed by atoms with Crippen LogP contribution >= 0.6 is 27.3 Å². The second-order valence-electron chi connectivity index (χ2n) is 2.92. The molecule has 0 aromatic carbocycles. The number of thiophene rings is 1. The summed E-state index contributed by atoms with van der Waals surface area (Å²) in [6.07, 6.45) is 3.16. The van der Waals surface area contributed by atoms with E-state index in [1.54, 1.807) is 22.1 Å². The first-order chi connectivity index (χ1) is 7.16. The quantitative estimate of drug-likeness (QED) is 0.943. The third-order valence-corrected chi connectivity index (χ3v) is 3.54. The summed E-state index contributed by atoms with van der Waals surface area (Å²) in [4.78, 5) is 15.6. The van der Waals surface area contributed by atoms with Gasteiger partial charge in [-0.3, -0.25) is 0 Å². The molecule has 0 saturated carbocycles. The van der Waals surface area contributed by atoms with Crippen molar-refractivity contribution in [2.45, 2.75) is 6.54 Å². The molecule has 0 fully saturated rings. The highest BCUT2D eigenvalue weighted by Crippen LogP contribution is 2.20. The number of aromatic carboxylic acids is 1. The van der Waals surface area contributed by atoms with Gasteiger partial charge in [0.2, 0.25) is 5.82 Å². The van der Waals surface area contributed by atoms with E-state index in [1.807, 2.05) is 11.4 Å². The fraction of sp³-hybridized carbons (Fsp3) is 0.111. The van der Waals surface area contributed by atoms with Crippen molar-refractivity contribution in [3.8, 4) is 0 Å². The zero-order valence-electron chi connectivity index (χ0n) is 7.55. The van der Waals surface area contributed by atoms with E-state index in [0.717, 1.165) is 9.35 Å². The number of imidazole rings is 1. The Kier molecular flexibility index (Phi) is 2.88. The fourth-order valence-electron chi connectivity index (χ4n) is 1.24. The van der Waals surface area contributed by atoms with E-state index in [1.165, 1.54) is 6.20 Å². The highest BCUT2D eigenvalue weighted by atomic mass is 79.9. The molecule has 0 saturated heterocycles.